The predicted octanol–water partition coefficient (Wildman–Crippen LogP) is 13.4. The second-order valence-electron chi connectivity index (χ2n) is 12.8. The molecule has 9 aromatic carbocycles. The maximum atomic E-state index is 6.74. The Morgan fingerprint density at radius 1 is 0.312 bits per heavy atom. The largest absolute Gasteiger partial charge is 0.455 e. The lowest BCUT2D eigenvalue weighted by Gasteiger charge is -2.21. The van der Waals surface area contributed by atoms with E-state index < -0.39 is 0 Å². The summed E-state index contributed by atoms with van der Waals surface area (Å²) in [5, 5.41) is 11.6. The molecule has 0 amide bonds. The van der Waals surface area contributed by atoms with Crippen LogP contribution in [0, 0.1) is 0 Å². The van der Waals surface area contributed by atoms with Gasteiger partial charge in [-0.25, -0.2) is 0 Å². The van der Waals surface area contributed by atoms with E-state index in [1.54, 1.807) is 0 Å². The first-order valence-corrected chi connectivity index (χ1v) is 16.4. The van der Waals surface area contributed by atoms with Crippen LogP contribution in [0.25, 0.3) is 110 Å². The van der Waals surface area contributed by atoms with Crippen LogP contribution in [0.15, 0.2) is 167 Å². The summed E-state index contributed by atoms with van der Waals surface area (Å²) < 4.78 is 13.4. The van der Waals surface area contributed by atoms with Crippen molar-refractivity contribution in [3.05, 3.63) is 158 Å². The van der Waals surface area contributed by atoms with Crippen molar-refractivity contribution in [2.45, 2.75) is 0 Å². The highest BCUT2D eigenvalue weighted by Gasteiger charge is 2.24. The third-order valence-electron chi connectivity index (χ3n) is 10.2. The minimum absolute atomic E-state index is 0.901. The molecular weight excluding hydrogens is 585 g/mol. The number of rotatable bonds is 3. The summed E-state index contributed by atoms with van der Waals surface area (Å²) in [6, 6.07) is 56.6. The molecule has 0 saturated heterocycles. The highest BCUT2D eigenvalue weighted by atomic mass is 16.3. The first-order valence-electron chi connectivity index (χ1n) is 16.4. The number of furan rings is 2. The SMILES string of the molecule is c1ccc(-c2cccc(-c3ccccc3)c2-c2cc3c4oc5ccccc5c4cc4ccc5c6oc7ccccc7c6cc2c5c43)cc1. The van der Waals surface area contributed by atoms with Crippen molar-refractivity contribution in [1.82, 2.24) is 0 Å². The molecule has 0 aliphatic rings. The molecule has 0 bridgehead atoms. The number of benzene rings is 9. The zero-order chi connectivity index (χ0) is 31.3. The monoisotopic (exact) mass is 610 g/mol. The van der Waals surface area contributed by atoms with Crippen LogP contribution in [0.4, 0.5) is 0 Å². The van der Waals surface area contributed by atoms with Crippen molar-refractivity contribution in [1.29, 1.82) is 0 Å². The summed E-state index contributed by atoms with van der Waals surface area (Å²) in [5.74, 6) is 0. The van der Waals surface area contributed by atoms with Gasteiger partial charge in [-0.3, -0.25) is 0 Å². The fourth-order valence-corrected chi connectivity index (χ4v) is 8.14. The van der Waals surface area contributed by atoms with Gasteiger partial charge in [0.05, 0.1) is 0 Å². The highest BCUT2D eigenvalue weighted by Crippen LogP contribution is 2.51. The van der Waals surface area contributed by atoms with Gasteiger partial charge >= 0.3 is 0 Å². The molecule has 0 radical (unpaired) electrons. The molecule has 2 aromatic heterocycles. The van der Waals surface area contributed by atoms with Crippen LogP contribution in [0.5, 0.6) is 0 Å². The number of fused-ring (bicyclic) bond motifs is 8. The van der Waals surface area contributed by atoms with Gasteiger partial charge < -0.3 is 8.83 Å². The molecular formula is C46H26O2. The van der Waals surface area contributed by atoms with Gasteiger partial charge in [-0.1, -0.05) is 121 Å². The Bertz CT molecular complexity index is 2970. The van der Waals surface area contributed by atoms with Crippen LogP contribution < -0.4 is 0 Å². The van der Waals surface area contributed by atoms with Crippen LogP contribution in [0.2, 0.25) is 0 Å². The van der Waals surface area contributed by atoms with E-state index in [1.807, 2.05) is 12.1 Å². The van der Waals surface area contributed by atoms with E-state index in [1.165, 1.54) is 54.9 Å². The molecule has 2 heterocycles. The van der Waals surface area contributed by atoms with Gasteiger partial charge in [0.1, 0.15) is 22.3 Å². The van der Waals surface area contributed by atoms with E-state index in [9.17, 15) is 0 Å². The molecule has 2 nitrogen and oxygen atoms in total. The molecule has 0 N–H and O–H groups in total. The molecule has 0 spiro atoms. The standard InChI is InChI=1S/C46H26O2/c1-3-12-27(13-4-1)30-18-11-19-31(28-14-5-2-6-15-28)43(30)35-26-39-42-29(24-37-32-16-7-9-20-40(32)48-46(37)39)22-23-34-44(42)36(35)25-38-33-17-8-10-21-41(33)47-45(34)38/h1-26H. The molecule has 0 saturated carbocycles. The second-order valence-corrected chi connectivity index (χ2v) is 12.8. The van der Waals surface area contributed by atoms with Crippen molar-refractivity contribution in [3.8, 4) is 33.4 Å². The van der Waals surface area contributed by atoms with E-state index in [0.717, 1.165) is 54.6 Å². The van der Waals surface area contributed by atoms with Gasteiger partial charge in [-0.15, -0.1) is 0 Å². The Hall–Kier alpha value is -6.38. The summed E-state index contributed by atoms with van der Waals surface area (Å²) in [7, 11) is 0. The molecule has 2 heteroatoms. The van der Waals surface area contributed by atoms with E-state index in [-0.39, 0.29) is 0 Å². The average Bonchev–Trinajstić information content (AvgIpc) is 3.72. The minimum Gasteiger partial charge on any atom is -0.455 e. The molecule has 11 aromatic rings. The summed E-state index contributed by atoms with van der Waals surface area (Å²) in [6.07, 6.45) is 0. The van der Waals surface area contributed by atoms with Crippen LogP contribution in [-0.4, -0.2) is 0 Å². The fourth-order valence-electron chi connectivity index (χ4n) is 8.14. The van der Waals surface area contributed by atoms with Gasteiger partial charge in [0.15, 0.2) is 0 Å². The normalized spacial score (nSPS) is 12.2. The second kappa shape index (κ2) is 9.57. The molecule has 0 aliphatic carbocycles. The Morgan fingerprint density at radius 2 is 0.875 bits per heavy atom. The van der Waals surface area contributed by atoms with Gasteiger partial charge in [0, 0.05) is 43.1 Å². The number of hydrogen-bond acceptors (Lipinski definition) is 2. The first kappa shape index (κ1) is 25.8. The molecule has 0 aliphatic heterocycles. The van der Waals surface area contributed by atoms with E-state index in [4.69, 9.17) is 8.83 Å². The van der Waals surface area contributed by atoms with E-state index >= 15 is 0 Å². The average molecular weight is 611 g/mol. The molecule has 0 atom stereocenters. The van der Waals surface area contributed by atoms with Gasteiger partial charge in [-0.05, 0) is 80.6 Å². The maximum absolute atomic E-state index is 6.74. The maximum Gasteiger partial charge on any atom is 0.143 e. The lowest BCUT2D eigenvalue weighted by atomic mass is 9.82. The summed E-state index contributed by atoms with van der Waals surface area (Å²) in [4.78, 5) is 0. The smallest absolute Gasteiger partial charge is 0.143 e. The van der Waals surface area contributed by atoms with E-state index in [0.29, 0.717) is 0 Å². The van der Waals surface area contributed by atoms with Crippen LogP contribution in [-0.2, 0) is 0 Å². The summed E-state index contributed by atoms with van der Waals surface area (Å²) in [5.41, 5.74) is 10.8. The molecule has 48 heavy (non-hydrogen) atoms. The zero-order valence-corrected chi connectivity index (χ0v) is 25.8. The Labute approximate surface area is 275 Å². The lowest BCUT2D eigenvalue weighted by molar-refractivity contribution is 0.672. The summed E-state index contributed by atoms with van der Waals surface area (Å²) >= 11 is 0. The number of hydrogen-bond donors (Lipinski definition) is 0. The molecule has 222 valence electrons. The molecule has 0 fully saturated rings. The van der Waals surface area contributed by atoms with Crippen LogP contribution in [0.1, 0.15) is 0 Å². The number of para-hydroxylation sites is 2. The summed E-state index contributed by atoms with van der Waals surface area (Å²) in [6.45, 7) is 0. The van der Waals surface area contributed by atoms with Gasteiger partial charge in [0.2, 0.25) is 0 Å². The zero-order valence-electron chi connectivity index (χ0n) is 25.8. The van der Waals surface area contributed by atoms with Crippen molar-refractivity contribution >= 4 is 76.2 Å². The van der Waals surface area contributed by atoms with Crippen LogP contribution >= 0.6 is 0 Å². The topological polar surface area (TPSA) is 26.3 Å². The minimum atomic E-state index is 0.901. The van der Waals surface area contributed by atoms with Crippen LogP contribution in [0.3, 0.4) is 0 Å². The third-order valence-corrected chi connectivity index (χ3v) is 10.2. The predicted molar refractivity (Wildman–Crippen MR) is 201 cm³/mol. The Morgan fingerprint density at radius 3 is 1.52 bits per heavy atom. The lowest BCUT2D eigenvalue weighted by Crippen LogP contribution is -1.94. The molecule has 11 rings (SSSR count). The van der Waals surface area contributed by atoms with Gasteiger partial charge in [0.25, 0.3) is 0 Å². The van der Waals surface area contributed by atoms with Crippen molar-refractivity contribution in [2.24, 2.45) is 0 Å². The fraction of sp³-hybridized carbons (Fsp3) is 0. The quantitative estimate of drug-likeness (QED) is 0.186. The highest BCUT2D eigenvalue weighted by molar-refractivity contribution is 6.37. The van der Waals surface area contributed by atoms with Gasteiger partial charge in [-0.2, -0.15) is 0 Å². The Balaban J connectivity index is 1.41. The Kier molecular flexibility index (Phi) is 5.14. The van der Waals surface area contributed by atoms with Crippen molar-refractivity contribution in [3.63, 3.8) is 0 Å². The van der Waals surface area contributed by atoms with Crippen molar-refractivity contribution < 1.29 is 8.83 Å². The van der Waals surface area contributed by atoms with E-state index in [2.05, 4.69) is 146 Å². The molecule has 0 unspecified atom stereocenters. The van der Waals surface area contributed by atoms with Crippen molar-refractivity contribution in [2.75, 3.05) is 0 Å². The third kappa shape index (κ3) is 3.46. The first-order chi connectivity index (χ1) is 23.8.